The van der Waals surface area contributed by atoms with Crippen molar-refractivity contribution in [3.05, 3.63) is 29.8 Å². The predicted molar refractivity (Wildman–Crippen MR) is 82.8 cm³/mol. The molecule has 0 bridgehead atoms. The van der Waals surface area contributed by atoms with Crippen LogP contribution in [0.3, 0.4) is 0 Å². The minimum Gasteiger partial charge on any atom is -0.392 e. The minimum absolute atomic E-state index is 0.0229. The van der Waals surface area contributed by atoms with E-state index in [4.69, 9.17) is 0 Å². The fourth-order valence-corrected chi connectivity index (χ4v) is 3.31. The van der Waals surface area contributed by atoms with E-state index < -0.39 is 0 Å². The van der Waals surface area contributed by atoms with Crippen molar-refractivity contribution >= 4 is 5.69 Å². The second-order valence-corrected chi connectivity index (χ2v) is 6.95. The molecule has 1 aromatic carbocycles. The summed E-state index contributed by atoms with van der Waals surface area (Å²) in [5, 5.41) is 13.4. The van der Waals surface area contributed by atoms with Gasteiger partial charge in [0.05, 0.1) is 6.10 Å². The van der Waals surface area contributed by atoms with Crippen molar-refractivity contribution in [1.29, 1.82) is 0 Å². The summed E-state index contributed by atoms with van der Waals surface area (Å²) < 4.78 is 0. The fraction of sp³-hybridized carbons (Fsp3) is 0.647. The number of likely N-dealkylation sites (tertiary alicyclic amines) is 1. The summed E-state index contributed by atoms with van der Waals surface area (Å²) in [7, 11) is 0. The maximum absolute atomic E-state index is 9.82. The molecule has 1 aromatic rings. The van der Waals surface area contributed by atoms with Gasteiger partial charge in [0.2, 0.25) is 0 Å². The molecular formula is C17H26N2O. The lowest BCUT2D eigenvalue weighted by atomic mass is 9.64. The van der Waals surface area contributed by atoms with Gasteiger partial charge in [-0.05, 0) is 50.0 Å². The molecule has 2 aliphatic rings. The molecule has 3 heteroatoms. The molecule has 1 saturated carbocycles. The van der Waals surface area contributed by atoms with Crippen LogP contribution in [0.5, 0.6) is 0 Å². The van der Waals surface area contributed by atoms with E-state index in [0.717, 1.165) is 13.0 Å². The Balaban J connectivity index is 1.62. The molecule has 2 N–H and O–H groups in total. The van der Waals surface area contributed by atoms with E-state index in [1.54, 1.807) is 0 Å². The number of nitrogens with one attached hydrogen (secondary N) is 1. The Kier molecular flexibility index (Phi) is 3.74. The molecule has 1 saturated heterocycles. The topological polar surface area (TPSA) is 35.5 Å². The number of rotatable bonds is 4. The quantitative estimate of drug-likeness (QED) is 0.886. The first-order valence-electron chi connectivity index (χ1n) is 7.81. The molecule has 1 aliphatic carbocycles. The molecule has 0 aromatic heterocycles. The number of hydrogen-bond acceptors (Lipinski definition) is 3. The molecule has 2 unspecified atom stereocenters. The third-order valence-corrected chi connectivity index (χ3v) is 5.09. The lowest BCUT2D eigenvalue weighted by Gasteiger charge is -2.49. The van der Waals surface area contributed by atoms with Gasteiger partial charge < -0.3 is 10.4 Å². The Morgan fingerprint density at radius 2 is 2.05 bits per heavy atom. The molecule has 1 aliphatic heterocycles. The highest BCUT2D eigenvalue weighted by molar-refractivity contribution is 5.47. The number of benzene rings is 1. The monoisotopic (exact) mass is 274 g/mol. The third kappa shape index (κ3) is 2.70. The average molecular weight is 274 g/mol. The molecule has 3 nitrogen and oxygen atoms in total. The zero-order valence-electron chi connectivity index (χ0n) is 12.6. The molecule has 0 radical (unpaired) electrons. The van der Waals surface area contributed by atoms with Crippen LogP contribution in [-0.2, 0) is 6.54 Å². The van der Waals surface area contributed by atoms with Gasteiger partial charge >= 0.3 is 0 Å². The molecule has 2 atom stereocenters. The second-order valence-electron chi connectivity index (χ2n) is 6.95. The molecule has 0 spiro atoms. The van der Waals surface area contributed by atoms with Crippen molar-refractivity contribution < 1.29 is 5.11 Å². The smallest absolute Gasteiger partial charge is 0.0630 e. The Bertz CT molecular complexity index is 466. The van der Waals surface area contributed by atoms with E-state index >= 15 is 0 Å². The summed E-state index contributed by atoms with van der Waals surface area (Å²) in [5.41, 5.74) is 2.55. The van der Waals surface area contributed by atoms with Crippen LogP contribution < -0.4 is 5.32 Å². The van der Waals surface area contributed by atoms with Gasteiger partial charge in [0, 0.05) is 23.7 Å². The summed E-state index contributed by atoms with van der Waals surface area (Å²) >= 11 is 0. The van der Waals surface area contributed by atoms with Crippen molar-refractivity contribution in [2.24, 2.45) is 5.41 Å². The van der Waals surface area contributed by atoms with Gasteiger partial charge in [0.15, 0.2) is 0 Å². The van der Waals surface area contributed by atoms with Crippen LogP contribution in [-0.4, -0.2) is 35.2 Å². The predicted octanol–water partition coefficient (Wildman–Crippen LogP) is 2.85. The minimum atomic E-state index is -0.173. The Labute approximate surface area is 122 Å². The van der Waals surface area contributed by atoms with Crippen molar-refractivity contribution in [2.45, 2.75) is 51.8 Å². The van der Waals surface area contributed by atoms with Crippen LogP contribution in [0.25, 0.3) is 0 Å². The number of aliphatic hydroxyl groups is 1. The van der Waals surface area contributed by atoms with Gasteiger partial charge in [-0.15, -0.1) is 0 Å². The molecule has 1 heterocycles. The molecule has 2 fully saturated rings. The van der Waals surface area contributed by atoms with E-state index in [0.29, 0.717) is 6.04 Å². The first-order valence-corrected chi connectivity index (χ1v) is 7.81. The van der Waals surface area contributed by atoms with Crippen molar-refractivity contribution in [1.82, 2.24) is 4.90 Å². The van der Waals surface area contributed by atoms with Crippen LogP contribution in [0.4, 0.5) is 5.69 Å². The highest BCUT2D eigenvalue weighted by Gasteiger charge is 2.47. The van der Waals surface area contributed by atoms with Crippen molar-refractivity contribution in [3.63, 3.8) is 0 Å². The number of anilines is 1. The third-order valence-electron chi connectivity index (χ3n) is 5.09. The standard InChI is InChI=1S/C17H26N2O/c1-17(2)15(11-16(17)20)18-14-7-5-6-13(10-14)12-19-8-3-4-9-19/h5-7,10,15-16,18,20H,3-4,8-9,11-12H2,1-2H3. The fourth-order valence-electron chi connectivity index (χ4n) is 3.31. The molecule has 0 amide bonds. The summed E-state index contributed by atoms with van der Waals surface area (Å²) in [4.78, 5) is 2.52. The van der Waals surface area contributed by atoms with Crippen LogP contribution in [0.15, 0.2) is 24.3 Å². The van der Waals surface area contributed by atoms with Crippen LogP contribution in [0.1, 0.15) is 38.7 Å². The summed E-state index contributed by atoms with van der Waals surface area (Å²) in [6.07, 6.45) is 3.36. The average Bonchev–Trinajstić information content (AvgIpc) is 2.92. The maximum atomic E-state index is 9.82. The van der Waals surface area contributed by atoms with Gasteiger partial charge in [0.25, 0.3) is 0 Å². The summed E-state index contributed by atoms with van der Waals surface area (Å²) in [6, 6.07) is 9.12. The number of nitrogens with zero attached hydrogens (tertiary/aromatic N) is 1. The zero-order chi connectivity index (χ0) is 14.2. The largest absolute Gasteiger partial charge is 0.392 e. The highest BCUT2D eigenvalue weighted by atomic mass is 16.3. The van der Waals surface area contributed by atoms with Gasteiger partial charge in [-0.1, -0.05) is 26.0 Å². The molecule has 3 rings (SSSR count). The summed E-state index contributed by atoms with van der Waals surface area (Å²) in [5.74, 6) is 0. The second kappa shape index (κ2) is 5.38. The summed E-state index contributed by atoms with van der Waals surface area (Å²) in [6.45, 7) is 7.80. The first-order chi connectivity index (χ1) is 9.55. The lowest BCUT2D eigenvalue weighted by Crippen LogP contribution is -2.56. The zero-order valence-corrected chi connectivity index (χ0v) is 12.6. The van der Waals surface area contributed by atoms with E-state index in [1.165, 1.54) is 37.2 Å². The van der Waals surface area contributed by atoms with Crippen LogP contribution >= 0.6 is 0 Å². The van der Waals surface area contributed by atoms with E-state index in [9.17, 15) is 5.11 Å². The first kappa shape index (κ1) is 13.9. The van der Waals surface area contributed by atoms with Gasteiger partial charge in [-0.3, -0.25) is 4.90 Å². The van der Waals surface area contributed by atoms with E-state index in [2.05, 4.69) is 48.3 Å². The number of hydrogen-bond donors (Lipinski definition) is 2. The SMILES string of the molecule is CC1(C)C(O)CC1Nc1cccc(CN2CCCC2)c1. The van der Waals surface area contributed by atoms with Gasteiger partial charge in [-0.2, -0.15) is 0 Å². The Hall–Kier alpha value is -1.06. The maximum Gasteiger partial charge on any atom is 0.0630 e. The van der Waals surface area contributed by atoms with Crippen LogP contribution in [0, 0.1) is 5.41 Å². The van der Waals surface area contributed by atoms with Crippen molar-refractivity contribution in [3.8, 4) is 0 Å². The normalized spacial score (nSPS) is 29.1. The highest BCUT2D eigenvalue weighted by Crippen LogP contribution is 2.42. The van der Waals surface area contributed by atoms with Crippen LogP contribution in [0.2, 0.25) is 0 Å². The van der Waals surface area contributed by atoms with E-state index in [-0.39, 0.29) is 11.5 Å². The van der Waals surface area contributed by atoms with Gasteiger partial charge in [0.1, 0.15) is 0 Å². The Morgan fingerprint density at radius 3 is 2.70 bits per heavy atom. The lowest BCUT2D eigenvalue weighted by molar-refractivity contribution is -0.0510. The van der Waals surface area contributed by atoms with E-state index in [1.807, 2.05) is 0 Å². The van der Waals surface area contributed by atoms with Gasteiger partial charge in [-0.25, -0.2) is 0 Å². The molecule has 110 valence electrons. The molecule has 20 heavy (non-hydrogen) atoms. The van der Waals surface area contributed by atoms with Crippen molar-refractivity contribution in [2.75, 3.05) is 18.4 Å². The number of aliphatic hydroxyl groups excluding tert-OH is 1. The molecular weight excluding hydrogens is 248 g/mol. The Morgan fingerprint density at radius 1 is 1.30 bits per heavy atom.